The van der Waals surface area contributed by atoms with Gasteiger partial charge in [-0.25, -0.2) is 0 Å². The molecule has 2 saturated heterocycles. The van der Waals surface area contributed by atoms with Gasteiger partial charge in [-0.1, -0.05) is 60.5 Å². The first-order chi connectivity index (χ1) is 16.3. The molecule has 4 nitrogen and oxygen atoms in total. The third-order valence-electron chi connectivity index (χ3n) is 7.78. The van der Waals surface area contributed by atoms with Crippen LogP contribution in [0, 0.1) is 18.3 Å². The Morgan fingerprint density at radius 2 is 1.85 bits per heavy atom. The molecule has 0 bridgehead atoms. The zero-order chi connectivity index (χ0) is 24.3. The van der Waals surface area contributed by atoms with Crippen molar-refractivity contribution in [2.45, 2.75) is 52.0 Å². The highest BCUT2D eigenvalue weighted by Crippen LogP contribution is 2.52. The fourth-order valence-corrected chi connectivity index (χ4v) is 6.85. The first kappa shape index (κ1) is 25.1. The van der Waals surface area contributed by atoms with E-state index >= 15 is 0 Å². The van der Waals surface area contributed by atoms with E-state index in [-0.39, 0.29) is 23.3 Å². The van der Waals surface area contributed by atoms with Gasteiger partial charge in [0.1, 0.15) is 0 Å². The predicted molar refractivity (Wildman–Crippen MR) is 142 cm³/mol. The molecule has 2 aromatic rings. The normalized spacial score (nSPS) is 28.4. The molecule has 6 heteroatoms. The molecule has 0 spiro atoms. The maximum atomic E-state index is 12.7. The average Bonchev–Trinajstić information content (AvgIpc) is 3.07. The van der Waals surface area contributed by atoms with E-state index in [9.17, 15) is 9.59 Å². The molecule has 2 amide bonds. The number of carbonyl (C=O) groups excluding carboxylic acids is 2. The van der Waals surface area contributed by atoms with Gasteiger partial charge in [0.25, 0.3) is 5.91 Å². The van der Waals surface area contributed by atoms with Crippen molar-refractivity contribution >= 4 is 35.2 Å². The van der Waals surface area contributed by atoms with Crippen LogP contribution in [0.3, 0.4) is 0 Å². The van der Waals surface area contributed by atoms with Crippen molar-refractivity contribution in [1.29, 1.82) is 0 Å². The van der Waals surface area contributed by atoms with Gasteiger partial charge in [-0.3, -0.25) is 9.59 Å². The van der Waals surface area contributed by atoms with Crippen LogP contribution < -0.4 is 5.32 Å². The Hall–Kier alpha value is -1.98. The third kappa shape index (κ3) is 5.31. The summed E-state index contributed by atoms with van der Waals surface area (Å²) in [5.41, 5.74) is 2.88. The van der Waals surface area contributed by atoms with Crippen molar-refractivity contribution in [3.05, 3.63) is 70.2 Å². The highest BCUT2D eigenvalue weighted by atomic mass is 35.5. The number of thioether (sulfide) groups is 1. The fourth-order valence-electron chi connectivity index (χ4n) is 5.61. The minimum absolute atomic E-state index is 0.0826. The number of hydrogen-bond acceptors (Lipinski definition) is 3. The lowest BCUT2D eigenvalue weighted by Gasteiger charge is -2.39. The van der Waals surface area contributed by atoms with Crippen LogP contribution in [-0.2, 0) is 4.79 Å². The van der Waals surface area contributed by atoms with Crippen LogP contribution in [-0.4, -0.2) is 47.4 Å². The van der Waals surface area contributed by atoms with Gasteiger partial charge in [0, 0.05) is 41.2 Å². The van der Waals surface area contributed by atoms with Crippen molar-refractivity contribution in [3.63, 3.8) is 0 Å². The first-order valence-corrected chi connectivity index (χ1v) is 13.8. The van der Waals surface area contributed by atoms with Crippen molar-refractivity contribution in [3.8, 4) is 0 Å². The summed E-state index contributed by atoms with van der Waals surface area (Å²) < 4.78 is 0. The van der Waals surface area contributed by atoms with Gasteiger partial charge in [-0.15, -0.1) is 0 Å². The quantitative estimate of drug-likeness (QED) is 0.558. The summed E-state index contributed by atoms with van der Waals surface area (Å²) in [7, 11) is 0. The van der Waals surface area contributed by atoms with Crippen molar-refractivity contribution in [1.82, 2.24) is 10.2 Å². The minimum Gasteiger partial charge on any atom is -0.353 e. The first-order valence-electron chi connectivity index (χ1n) is 12.3. The van der Waals surface area contributed by atoms with E-state index in [4.69, 9.17) is 11.6 Å². The average molecular weight is 499 g/mol. The summed E-state index contributed by atoms with van der Waals surface area (Å²) in [6, 6.07) is 16.3. The van der Waals surface area contributed by atoms with Gasteiger partial charge in [0.05, 0.1) is 5.41 Å². The van der Waals surface area contributed by atoms with Gasteiger partial charge in [0.15, 0.2) is 0 Å². The van der Waals surface area contributed by atoms with Crippen LogP contribution in [0.1, 0.15) is 60.5 Å². The molecule has 0 aromatic heterocycles. The lowest BCUT2D eigenvalue weighted by Crippen LogP contribution is -2.38. The molecule has 4 atom stereocenters. The Labute approximate surface area is 212 Å². The molecular formula is C28H35ClN2O2S. The summed E-state index contributed by atoms with van der Waals surface area (Å²) in [6.45, 7) is 7.92. The maximum Gasteiger partial charge on any atom is 0.253 e. The van der Waals surface area contributed by atoms with E-state index in [0.717, 1.165) is 49.4 Å². The monoisotopic (exact) mass is 498 g/mol. The number of amides is 2. The summed E-state index contributed by atoms with van der Waals surface area (Å²) in [5.74, 6) is 2.98. The second-order valence-electron chi connectivity index (χ2n) is 10.1. The van der Waals surface area contributed by atoms with Gasteiger partial charge < -0.3 is 10.2 Å². The number of rotatable bonds is 2. The van der Waals surface area contributed by atoms with E-state index < -0.39 is 0 Å². The largest absolute Gasteiger partial charge is 0.353 e. The lowest BCUT2D eigenvalue weighted by atomic mass is 9.63. The zero-order valence-corrected chi connectivity index (χ0v) is 21.9. The van der Waals surface area contributed by atoms with Crippen LogP contribution in [0.5, 0.6) is 0 Å². The molecule has 1 N–H and O–H groups in total. The third-order valence-corrected chi connectivity index (χ3v) is 9.05. The number of aryl methyl sites for hydroxylation is 1. The fraction of sp³-hybridized carbons (Fsp3) is 0.500. The summed E-state index contributed by atoms with van der Waals surface area (Å²) >= 11 is 8.53. The van der Waals surface area contributed by atoms with Gasteiger partial charge in [0.2, 0.25) is 5.91 Å². The number of fused-ring (bicyclic) bond motifs is 1. The summed E-state index contributed by atoms with van der Waals surface area (Å²) in [5, 5.41) is 3.81. The number of nitrogens with one attached hydrogen (secondary N) is 1. The van der Waals surface area contributed by atoms with Gasteiger partial charge >= 0.3 is 0 Å². The van der Waals surface area contributed by atoms with Crippen LogP contribution in [0.25, 0.3) is 0 Å². The summed E-state index contributed by atoms with van der Waals surface area (Å²) in [4.78, 5) is 27.0. The zero-order valence-electron chi connectivity index (χ0n) is 20.4. The van der Waals surface area contributed by atoms with E-state index in [2.05, 4.69) is 38.2 Å². The molecule has 2 heterocycles. The molecule has 3 fully saturated rings. The molecular weight excluding hydrogens is 464 g/mol. The van der Waals surface area contributed by atoms with Crippen LogP contribution in [0.2, 0.25) is 5.02 Å². The molecule has 5 rings (SSSR count). The van der Waals surface area contributed by atoms with E-state index in [1.54, 1.807) is 0 Å². The molecule has 1 saturated carbocycles. The maximum absolute atomic E-state index is 12.7. The lowest BCUT2D eigenvalue weighted by molar-refractivity contribution is -0.129. The van der Waals surface area contributed by atoms with Crippen LogP contribution >= 0.6 is 23.4 Å². The Balaban J connectivity index is 0.000000336. The number of halogens is 1. The molecule has 1 aliphatic carbocycles. The molecule has 2 aliphatic heterocycles. The van der Waals surface area contributed by atoms with Crippen molar-refractivity contribution in [2.75, 3.05) is 24.6 Å². The molecule has 2 aromatic carbocycles. The Morgan fingerprint density at radius 3 is 2.47 bits per heavy atom. The second kappa shape index (κ2) is 10.7. The molecule has 4 unspecified atom stereocenters. The standard InChI is InChI=1S/C21H27ClN2O2S.C7H8/c1-13-17-11-14(5-6-21(17,2)20(26)23-13)16-4-3-15(12-18(16)22)19(25)24-7-9-27-10-8-24;1-7-5-3-2-4-6-7/h3-4,12-14,17H,5-11H2,1-2H3,(H,23,26);2-6H,1H3. The highest BCUT2D eigenvalue weighted by molar-refractivity contribution is 7.99. The van der Waals surface area contributed by atoms with E-state index in [1.807, 2.05) is 53.1 Å². The smallest absolute Gasteiger partial charge is 0.253 e. The Kier molecular flexibility index (Phi) is 7.94. The second-order valence-corrected chi connectivity index (χ2v) is 11.7. The van der Waals surface area contributed by atoms with E-state index in [1.165, 1.54) is 5.56 Å². The molecule has 3 aliphatic rings. The molecule has 34 heavy (non-hydrogen) atoms. The highest BCUT2D eigenvalue weighted by Gasteiger charge is 2.53. The number of carbonyl (C=O) groups is 2. The number of nitrogens with zero attached hydrogens (tertiary/aromatic N) is 1. The van der Waals surface area contributed by atoms with E-state index in [0.29, 0.717) is 22.4 Å². The van der Waals surface area contributed by atoms with Crippen LogP contribution in [0.4, 0.5) is 0 Å². The van der Waals surface area contributed by atoms with Gasteiger partial charge in [-0.05, 0) is 62.6 Å². The van der Waals surface area contributed by atoms with Crippen molar-refractivity contribution < 1.29 is 9.59 Å². The number of benzene rings is 2. The topological polar surface area (TPSA) is 49.4 Å². The minimum atomic E-state index is -0.245. The molecule has 0 radical (unpaired) electrons. The predicted octanol–water partition coefficient (Wildman–Crippen LogP) is 5.93. The number of hydrogen-bond donors (Lipinski definition) is 1. The summed E-state index contributed by atoms with van der Waals surface area (Å²) in [6.07, 6.45) is 2.82. The van der Waals surface area contributed by atoms with Gasteiger partial charge in [-0.2, -0.15) is 11.8 Å². The Bertz CT molecular complexity index is 1020. The SMILES string of the molecule is CC1NC(=O)C2(C)CCC(c3ccc(C(=O)N4CCSCC4)cc3Cl)CC12.Cc1ccccc1. The van der Waals surface area contributed by atoms with Crippen molar-refractivity contribution in [2.24, 2.45) is 11.3 Å². The molecule has 182 valence electrons. The Morgan fingerprint density at radius 1 is 1.15 bits per heavy atom. The van der Waals surface area contributed by atoms with Crippen LogP contribution in [0.15, 0.2) is 48.5 Å².